The Hall–Kier alpha value is -1.64. The molecule has 1 aliphatic heterocycles. The lowest BCUT2D eigenvalue weighted by Crippen LogP contribution is -2.48. The topological polar surface area (TPSA) is 102 Å². The first-order chi connectivity index (χ1) is 9.38. The minimum Gasteiger partial charge on any atom is -0.377 e. The van der Waals surface area contributed by atoms with E-state index < -0.39 is 10.0 Å². The van der Waals surface area contributed by atoms with Crippen LogP contribution in [0.2, 0.25) is 0 Å². The predicted octanol–water partition coefficient (Wildman–Crippen LogP) is 0.587. The number of carbonyl (C=O) groups excluding carboxylic acids is 1. The van der Waals surface area contributed by atoms with Crippen LogP contribution in [0.5, 0.6) is 0 Å². The van der Waals surface area contributed by atoms with E-state index in [1.807, 2.05) is 6.92 Å². The minimum atomic E-state index is -3.72. The fourth-order valence-corrected chi connectivity index (χ4v) is 2.47. The molecule has 7 nitrogen and oxygen atoms in total. The molecule has 0 radical (unpaired) electrons. The van der Waals surface area contributed by atoms with Crippen molar-refractivity contribution in [2.75, 3.05) is 25.1 Å². The fourth-order valence-electron chi connectivity index (χ4n) is 1.95. The standard InChI is InChI=1S/C12H17N3O4S/c1-9-8-19-7-6-15(9)12(16)14-10-2-4-11(5-3-10)20(13,17)18/h2-5,9H,6-8H2,1H3,(H,14,16)(H2,13,17,18)/t9-/m1/s1. The summed E-state index contributed by atoms with van der Waals surface area (Å²) in [6.07, 6.45) is 0. The number of nitrogens with one attached hydrogen (secondary N) is 1. The van der Waals surface area contributed by atoms with Gasteiger partial charge in [-0.3, -0.25) is 0 Å². The summed E-state index contributed by atoms with van der Waals surface area (Å²) >= 11 is 0. The summed E-state index contributed by atoms with van der Waals surface area (Å²) in [5.41, 5.74) is 0.515. The number of hydrogen-bond acceptors (Lipinski definition) is 4. The van der Waals surface area contributed by atoms with E-state index in [1.165, 1.54) is 24.3 Å². The van der Waals surface area contributed by atoms with Crippen LogP contribution in [0.15, 0.2) is 29.2 Å². The molecule has 1 aromatic carbocycles. The van der Waals surface area contributed by atoms with Gasteiger partial charge in [-0.05, 0) is 31.2 Å². The number of amides is 2. The molecule has 1 aromatic rings. The number of urea groups is 1. The van der Waals surface area contributed by atoms with Crippen LogP contribution in [0.4, 0.5) is 10.5 Å². The van der Waals surface area contributed by atoms with Crippen LogP contribution in [-0.2, 0) is 14.8 Å². The van der Waals surface area contributed by atoms with Gasteiger partial charge in [-0.1, -0.05) is 0 Å². The predicted molar refractivity (Wildman–Crippen MR) is 73.8 cm³/mol. The zero-order chi connectivity index (χ0) is 14.8. The van der Waals surface area contributed by atoms with Gasteiger partial charge in [0.1, 0.15) is 0 Å². The molecule has 2 rings (SSSR count). The maximum atomic E-state index is 12.1. The number of anilines is 1. The highest BCUT2D eigenvalue weighted by molar-refractivity contribution is 7.89. The van der Waals surface area contributed by atoms with Gasteiger partial charge in [-0.15, -0.1) is 0 Å². The Morgan fingerprint density at radius 3 is 2.60 bits per heavy atom. The summed E-state index contributed by atoms with van der Waals surface area (Å²) < 4.78 is 27.5. The van der Waals surface area contributed by atoms with Gasteiger partial charge in [0.2, 0.25) is 10.0 Å². The molecule has 2 amide bonds. The number of rotatable bonds is 2. The second-order valence-electron chi connectivity index (χ2n) is 4.62. The van der Waals surface area contributed by atoms with E-state index in [4.69, 9.17) is 9.88 Å². The number of carbonyl (C=O) groups is 1. The van der Waals surface area contributed by atoms with Crippen molar-refractivity contribution in [3.63, 3.8) is 0 Å². The van der Waals surface area contributed by atoms with Gasteiger partial charge >= 0.3 is 6.03 Å². The van der Waals surface area contributed by atoms with Crippen molar-refractivity contribution in [2.24, 2.45) is 5.14 Å². The SMILES string of the molecule is C[C@@H]1COCCN1C(=O)Nc1ccc(S(N)(=O)=O)cc1. The molecule has 1 saturated heterocycles. The minimum absolute atomic E-state index is 0.00689. The van der Waals surface area contributed by atoms with Crippen molar-refractivity contribution in [3.05, 3.63) is 24.3 Å². The maximum Gasteiger partial charge on any atom is 0.322 e. The monoisotopic (exact) mass is 299 g/mol. The molecular formula is C12H17N3O4S. The van der Waals surface area contributed by atoms with Gasteiger partial charge in [-0.2, -0.15) is 0 Å². The molecule has 0 spiro atoms. The van der Waals surface area contributed by atoms with Crippen LogP contribution in [-0.4, -0.2) is 45.1 Å². The third-order valence-corrected chi connectivity index (χ3v) is 3.99. The third kappa shape index (κ3) is 3.47. The van der Waals surface area contributed by atoms with E-state index >= 15 is 0 Å². The van der Waals surface area contributed by atoms with E-state index in [2.05, 4.69) is 5.32 Å². The lowest BCUT2D eigenvalue weighted by Gasteiger charge is -2.33. The van der Waals surface area contributed by atoms with Crippen molar-refractivity contribution < 1.29 is 17.9 Å². The van der Waals surface area contributed by atoms with Crippen molar-refractivity contribution in [1.29, 1.82) is 0 Å². The zero-order valence-corrected chi connectivity index (χ0v) is 11.9. The van der Waals surface area contributed by atoms with Crippen LogP contribution in [0.25, 0.3) is 0 Å². The van der Waals surface area contributed by atoms with Crippen LogP contribution < -0.4 is 10.5 Å². The second-order valence-corrected chi connectivity index (χ2v) is 6.18. The molecule has 0 aromatic heterocycles. The highest BCUT2D eigenvalue weighted by Gasteiger charge is 2.23. The molecule has 0 aliphatic carbocycles. The molecule has 110 valence electrons. The summed E-state index contributed by atoms with van der Waals surface area (Å²) in [4.78, 5) is 13.8. The molecule has 0 unspecified atom stereocenters. The molecule has 1 fully saturated rings. The van der Waals surface area contributed by atoms with Gasteiger partial charge in [0.25, 0.3) is 0 Å². The number of hydrogen-bond donors (Lipinski definition) is 2. The summed E-state index contributed by atoms with van der Waals surface area (Å²) in [5, 5.41) is 7.72. The molecule has 0 saturated carbocycles. The highest BCUT2D eigenvalue weighted by atomic mass is 32.2. The van der Waals surface area contributed by atoms with Crippen LogP contribution in [0.3, 0.4) is 0 Å². The molecule has 8 heteroatoms. The summed E-state index contributed by atoms with van der Waals surface area (Å²) in [6, 6.07) is 5.49. The second kappa shape index (κ2) is 5.78. The number of nitrogens with two attached hydrogens (primary N) is 1. The summed E-state index contributed by atoms with van der Waals surface area (Å²) in [6.45, 7) is 3.46. The molecule has 1 aliphatic rings. The molecule has 3 N–H and O–H groups in total. The number of ether oxygens (including phenoxy) is 1. The Bertz CT molecular complexity index is 585. The Morgan fingerprint density at radius 1 is 1.40 bits per heavy atom. The van der Waals surface area contributed by atoms with Gasteiger partial charge in [0.05, 0.1) is 24.2 Å². The first kappa shape index (κ1) is 14.8. The van der Waals surface area contributed by atoms with E-state index in [9.17, 15) is 13.2 Å². The quantitative estimate of drug-likeness (QED) is 0.834. The lowest BCUT2D eigenvalue weighted by molar-refractivity contribution is 0.0222. The van der Waals surface area contributed by atoms with E-state index in [0.717, 1.165) is 0 Å². The average Bonchev–Trinajstić information content (AvgIpc) is 2.38. The summed E-state index contributed by atoms with van der Waals surface area (Å²) in [5.74, 6) is 0. The van der Waals surface area contributed by atoms with E-state index in [1.54, 1.807) is 4.90 Å². The van der Waals surface area contributed by atoms with Crippen molar-refractivity contribution >= 4 is 21.7 Å². The van der Waals surface area contributed by atoms with Gasteiger partial charge < -0.3 is 15.0 Å². The van der Waals surface area contributed by atoms with Gasteiger partial charge in [0, 0.05) is 12.2 Å². The number of primary sulfonamides is 1. The Balaban J connectivity index is 2.04. The van der Waals surface area contributed by atoms with Crippen LogP contribution in [0.1, 0.15) is 6.92 Å². The van der Waals surface area contributed by atoms with Crippen molar-refractivity contribution in [1.82, 2.24) is 4.90 Å². The van der Waals surface area contributed by atoms with Gasteiger partial charge in [0.15, 0.2) is 0 Å². The Labute approximate surface area is 117 Å². The zero-order valence-electron chi connectivity index (χ0n) is 11.1. The lowest BCUT2D eigenvalue weighted by atomic mass is 10.2. The first-order valence-corrected chi connectivity index (χ1v) is 7.71. The van der Waals surface area contributed by atoms with Crippen molar-refractivity contribution in [3.8, 4) is 0 Å². The smallest absolute Gasteiger partial charge is 0.322 e. The fraction of sp³-hybridized carbons (Fsp3) is 0.417. The number of nitrogens with zero attached hydrogens (tertiary/aromatic N) is 1. The number of sulfonamides is 1. The molecule has 1 atom stereocenters. The van der Waals surface area contributed by atoms with E-state index in [0.29, 0.717) is 25.4 Å². The molecule has 1 heterocycles. The van der Waals surface area contributed by atoms with Gasteiger partial charge in [-0.25, -0.2) is 18.4 Å². The Kier molecular flexibility index (Phi) is 4.26. The van der Waals surface area contributed by atoms with Crippen LogP contribution >= 0.6 is 0 Å². The van der Waals surface area contributed by atoms with Crippen molar-refractivity contribution in [2.45, 2.75) is 17.9 Å². The maximum absolute atomic E-state index is 12.1. The Morgan fingerprint density at radius 2 is 2.05 bits per heavy atom. The number of benzene rings is 1. The highest BCUT2D eigenvalue weighted by Crippen LogP contribution is 2.14. The molecular weight excluding hydrogens is 282 g/mol. The molecule has 0 bridgehead atoms. The average molecular weight is 299 g/mol. The van der Waals surface area contributed by atoms with Crippen LogP contribution in [0, 0.1) is 0 Å². The normalized spacial score (nSPS) is 19.7. The largest absolute Gasteiger partial charge is 0.377 e. The third-order valence-electron chi connectivity index (χ3n) is 3.06. The molecule has 20 heavy (non-hydrogen) atoms. The van der Waals surface area contributed by atoms with E-state index in [-0.39, 0.29) is 17.0 Å². The number of morpholine rings is 1. The first-order valence-electron chi connectivity index (χ1n) is 6.16. The summed E-state index contributed by atoms with van der Waals surface area (Å²) in [7, 11) is -3.72.